The first kappa shape index (κ1) is 29.2. The molecule has 216 valence electrons. The molecule has 0 saturated heterocycles. The maximum absolute atomic E-state index is 12.9. The van der Waals surface area contributed by atoms with E-state index in [2.05, 4.69) is 29.0 Å². The molecule has 1 aromatic carbocycles. The van der Waals surface area contributed by atoms with Gasteiger partial charge >= 0.3 is 0 Å². The Balaban J connectivity index is 1.18. The molecule has 1 N–H and O–H groups in total. The van der Waals surface area contributed by atoms with Gasteiger partial charge in [0.05, 0.1) is 34.6 Å². The van der Waals surface area contributed by atoms with Gasteiger partial charge in [-0.2, -0.15) is 0 Å². The summed E-state index contributed by atoms with van der Waals surface area (Å²) in [6.45, 7) is 5.58. The van der Waals surface area contributed by atoms with Gasteiger partial charge in [-0.15, -0.1) is 11.3 Å². The minimum atomic E-state index is -3.45. The standard InChI is InChI=1S/C30H32F2N4O3S2/c1-19(2)27-26-25(18-36(27)17-21-7-9-22(10-8-21)28(31)32)40-30(35-26)29(37)34-15-23-11-12-24(16-33-23)41(38,39)14-13-20-5-3-4-6-20/h3,5-12,16,19,27-28H,4,13-15,17-18H2,1-2H3,(H,34,37)/t27-/m0/s1. The van der Waals surface area contributed by atoms with Gasteiger partial charge in [0.1, 0.15) is 0 Å². The van der Waals surface area contributed by atoms with E-state index in [1.54, 1.807) is 18.2 Å². The summed E-state index contributed by atoms with van der Waals surface area (Å²) in [5, 5.41) is 3.21. The predicted molar refractivity (Wildman–Crippen MR) is 154 cm³/mol. The van der Waals surface area contributed by atoms with Crippen molar-refractivity contribution in [1.29, 1.82) is 0 Å². The second-order valence-corrected chi connectivity index (χ2v) is 13.8. The molecule has 3 heterocycles. The molecular formula is C30H32F2N4O3S2. The van der Waals surface area contributed by atoms with E-state index >= 15 is 0 Å². The zero-order valence-electron chi connectivity index (χ0n) is 22.9. The van der Waals surface area contributed by atoms with Crippen LogP contribution in [0.5, 0.6) is 0 Å². The van der Waals surface area contributed by atoms with Crippen LogP contribution in [0.3, 0.4) is 0 Å². The van der Waals surface area contributed by atoms with Crippen LogP contribution in [0.1, 0.15) is 76.4 Å². The van der Waals surface area contributed by atoms with E-state index in [9.17, 15) is 22.0 Å². The molecule has 7 nitrogen and oxygen atoms in total. The third kappa shape index (κ3) is 6.79. The summed E-state index contributed by atoms with van der Waals surface area (Å²) in [5.41, 5.74) is 3.42. The summed E-state index contributed by atoms with van der Waals surface area (Å²) in [6, 6.07) is 9.55. The molecule has 0 saturated carbocycles. The van der Waals surface area contributed by atoms with E-state index in [4.69, 9.17) is 4.98 Å². The minimum Gasteiger partial charge on any atom is -0.344 e. The van der Waals surface area contributed by atoms with Crippen molar-refractivity contribution in [3.05, 3.63) is 98.8 Å². The number of aromatic nitrogens is 2. The number of rotatable bonds is 11. The van der Waals surface area contributed by atoms with Crippen molar-refractivity contribution in [1.82, 2.24) is 20.2 Å². The summed E-state index contributed by atoms with van der Waals surface area (Å²) in [6.07, 6.45) is 6.16. The molecule has 1 aliphatic heterocycles. The lowest BCUT2D eigenvalue weighted by atomic mass is 10.0. The van der Waals surface area contributed by atoms with E-state index in [-0.39, 0.29) is 40.6 Å². The van der Waals surface area contributed by atoms with Gasteiger partial charge in [0.25, 0.3) is 12.3 Å². The van der Waals surface area contributed by atoms with Crippen molar-refractivity contribution in [3.8, 4) is 0 Å². The summed E-state index contributed by atoms with van der Waals surface area (Å²) >= 11 is 1.36. The van der Waals surface area contributed by atoms with Crippen molar-refractivity contribution in [2.24, 2.45) is 5.92 Å². The topological polar surface area (TPSA) is 92.3 Å². The van der Waals surface area contributed by atoms with Gasteiger partial charge in [0.2, 0.25) is 0 Å². The summed E-state index contributed by atoms with van der Waals surface area (Å²) in [5.74, 6) is -0.0486. The molecule has 2 aromatic heterocycles. The Bertz CT molecular complexity index is 1560. The molecular weight excluding hydrogens is 566 g/mol. The number of allylic oxidation sites excluding steroid dienone is 4. The summed E-state index contributed by atoms with van der Waals surface area (Å²) < 4.78 is 51.1. The van der Waals surface area contributed by atoms with E-state index in [0.717, 1.165) is 28.1 Å². The molecule has 41 heavy (non-hydrogen) atoms. The number of amides is 1. The average Bonchev–Trinajstić information content (AvgIpc) is 3.68. The van der Waals surface area contributed by atoms with E-state index < -0.39 is 16.3 Å². The third-order valence-electron chi connectivity index (χ3n) is 7.29. The average molecular weight is 599 g/mol. The molecule has 3 aromatic rings. The third-order valence-corrected chi connectivity index (χ3v) is 10.0. The fourth-order valence-electron chi connectivity index (χ4n) is 5.16. The Hall–Kier alpha value is -3.28. The number of fused-ring (bicyclic) bond motifs is 1. The van der Waals surface area contributed by atoms with Gasteiger partial charge < -0.3 is 5.32 Å². The van der Waals surface area contributed by atoms with Crippen LogP contribution in [-0.2, 0) is 29.5 Å². The lowest BCUT2D eigenvalue weighted by Gasteiger charge is -2.27. The number of thiazole rings is 1. The first-order chi connectivity index (χ1) is 19.6. The lowest BCUT2D eigenvalue weighted by molar-refractivity contribution is 0.0948. The Kier molecular flexibility index (Phi) is 8.77. The molecule has 0 bridgehead atoms. The number of carbonyl (C=O) groups excluding carboxylic acids is 1. The predicted octanol–water partition coefficient (Wildman–Crippen LogP) is 6.17. The van der Waals surface area contributed by atoms with Crippen LogP contribution in [0.15, 0.2) is 71.3 Å². The smallest absolute Gasteiger partial charge is 0.280 e. The highest BCUT2D eigenvalue weighted by Crippen LogP contribution is 2.41. The highest BCUT2D eigenvalue weighted by Gasteiger charge is 2.36. The number of hydrogen-bond acceptors (Lipinski definition) is 7. The first-order valence-corrected chi connectivity index (χ1v) is 16.0. The number of halogens is 2. The van der Waals surface area contributed by atoms with Crippen LogP contribution in [0, 0.1) is 5.92 Å². The van der Waals surface area contributed by atoms with Crippen LogP contribution in [0.25, 0.3) is 0 Å². The van der Waals surface area contributed by atoms with Crippen molar-refractivity contribution in [2.45, 2.75) is 63.7 Å². The molecule has 1 aliphatic carbocycles. The fraction of sp³-hybridized carbons (Fsp3) is 0.367. The minimum absolute atomic E-state index is 0.00803. The van der Waals surface area contributed by atoms with E-state index in [1.165, 1.54) is 35.7 Å². The van der Waals surface area contributed by atoms with Gasteiger partial charge in [0.15, 0.2) is 14.8 Å². The zero-order chi connectivity index (χ0) is 29.1. The monoisotopic (exact) mass is 598 g/mol. The Morgan fingerprint density at radius 3 is 2.59 bits per heavy atom. The number of hydrogen-bond donors (Lipinski definition) is 1. The molecule has 1 atom stereocenters. The van der Waals surface area contributed by atoms with Gasteiger partial charge in [-0.1, -0.05) is 61.9 Å². The quantitative estimate of drug-likeness (QED) is 0.284. The van der Waals surface area contributed by atoms with Crippen molar-refractivity contribution in [2.75, 3.05) is 5.75 Å². The molecule has 0 radical (unpaired) electrons. The second kappa shape index (κ2) is 12.3. The van der Waals surface area contributed by atoms with Crippen molar-refractivity contribution >= 4 is 27.1 Å². The van der Waals surface area contributed by atoms with Crippen LogP contribution in [0.4, 0.5) is 8.78 Å². The normalized spacial score (nSPS) is 16.9. The zero-order valence-corrected chi connectivity index (χ0v) is 24.5. The fourth-order valence-corrected chi connectivity index (χ4v) is 7.44. The van der Waals surface area contributed by atoms with Crippen LogP contribution in [-0.4, -0.2) is 34.9 Å². The highest BCUT2D eigenvalue weighted by molar-refractivity contribution is 7.91. The number of nitrogens with zero attached hydrogens (tertiary/aromatic N) is 3. The second-order valence-electron chi connectivity index (χ2n) is 10.6. The molecule has 1 amide bonds. The van der Waals surface area contributed by atoms with E-state index in [1.807, 2.05) is 18.2 Å². The molecule has 0 spiro atoms. The maximum atomic E-state index is 12.9. The number of nitrogens with one attached hydrogen (secondary N) is 1. The van der Waals surface area contributed by atoms with Crippen LogP contribution in [0.2, 0.25) is 0 Å². The Labute approximate surface area is 243 Å². The SMILES string of the molecule is CC(C)[C@H]1c2nc(C(=O)NCc3ccc(S(=O)(=O)CCC4=CCC=C4)cn3)sc2CN1Cc1ccc(C(F)F)cc1. The molecule has 0 unspecified atom stereocenters. The van der Waals surface area contributed by atoms with E-state index in [0.29, 0.717) is 30.2 Å². The molecule has 11 heteroatoms. The number of alkyl halides is 2. The molecule has 2 aliphatic rings. The van der Waals surface area contributed by atoms with Gasteiger partial charge in [0, 0.05) is 29.7 Å². The Morgan fingerprint density at radius 1 is 1.17 bits per heavy atom. The lowest BCUT2D eigenvalue weighted by Crippen LogP contribution is -2.27. The number of benzene rings is 1. The Morgan fingerprint density at radius 2 is 1.95 bits per heavy atom. The molecule has 0 fully saturated rings. The summed E-state index contributed by atoms with van der Waals surface area (Å²) in [7, 11) is -3.45. The number of pyridine rings is 1. The first-order valence-electron chi connectivity index (χ1n) is 13.5. The number of sulfone groups is 1. The maximum Gasteiger partial charge on any atom is 0.280 e. The van der Waals surface area contributed by atoms with Gasteiger partial charge in [-0.25, -0.2) is 22.2 Å². The molecule has 5 rings (SSSR count). The van der Waals surface area contributed by atoms with Crippen LogP contribution < -0.4 is 5.32 Å². The largest absolute Gasteiger partial charge is 0.344 e. The van der Waals surface area contributed by atoms with Crippen molar-refractivity contribution in [3.63, 3.8) is 0 Å². The van der Waals surface area contributed by atoms with Crippen molar-refractivity contribution < 1.29 is 22.0 Å². The van der Waals surface area contributed by atoms with Gasteiger partial charge in [-0.05, 0) is 36.5 Å². The van der Waals surface area contributed by atoms with Gasteiger partial charge in [-0.3, -0.25) is 14.7 Å². The number of carbonyl (C=O) groups is 1. The highest BCUT2D eigenvalue weighted by atomic mass is 32.2. The van der Waals surface area contributed by atoms with Crippen LogP contribution >= 0.6 is 11.3 Å². The summed E-state index contributed by atoms with van der Waals surface area (Å²) in [4.78, 5) is 25.3.